The van der Waals surface area contributed by atoms with Crippen LogP contribution in [0.1, 0.15) is 18.1 Å². The van der Waals surface area contributed by atoms with Gasteiger partial charge < -0.3 is 10.6 Å². The Balaban J connectivity index is 1.60. The molecule has 0 spiro atoms. The van der Waals surface area contributed by atoms with Gasteiger partial charge in [0.1, 0.15) is 17.9 Å². The van der Waals surface area contributed by atoms with Crippen LogP contribution in [0.5, 0.6) is 0 Å². The fourth-order valence-electron chi connectivity index (χ4n) is 3.10. The first kappa shape index (κ1) is 21.1. The minimum Gasteiger partial charge on any atom is -0.354 e. The predicted octanol–water partition coefficient (Wildman–Crippen LogP) is 3.26. The number of amides is 4. The third-order valence-electron chi connectivity index (χ3n) is 4.75. The summed E-state index contributed by atoms with van der Waals surface area (Å²) in [5.74, 6) is -1.53. The van der Waals surface area contributed by atoms with Gasteiger partial charge in [0.2, 0.25) is 5.91 Å². The molecule has 2 aromatic rings. The highest BCUT2D eigenvalue weighted by molar-refractivity contribution is 6.42. The van der Waals surface area contributed by atoms with E-state index in [-0.39, 0.29) is 6.54 Å². The van der Waals surface area contributed by atoms with Gasteiger partial charge in [-0.05, 0) is 42.7 Å². The smallest absolute Gasteiger partial charge is 0.325 e. The highest BCUT2D eigenvalue weighted by atomic mass is 35.5. The number of imide groups is 1. The number of nitrogens with zero attached hydrogens (tertiary/aromatic N) is 1. The molecule has 1 aliphatic rings. The SMILES string of the molecule is CC1(c2ccc(F)cc2)NC(=O)N(CC(=O)NCCc2cccc(Cl)c2Cl)C1=O. The van der Waals surface area contributed by atoms with Crippen molar-refractivity contribution in [2.45, 2.75) is 18.9 Å². The van der Waals surface area contributed by atoms with Crippen LogP contribution in [-0.2, 0) is 21.5 Å². The first-order valence-electron chi connectivity index (χ1n) is 8.82. The Morgan fingerprint density at radius 3 is 2.55 bits per heavy atom. The maximum absolute atomic E-state index is 13.2. The van der Waals surface area contributed by atoms with Gasteiger partial charge in [0.05, 0.1) is 10.0 Å². The Labute approximate surface area is 177 Å². The molecule has 1 saturated heterocycles. The van der Waals surface area contributed by atoms with Gasteiger partial charge >= 0.3 is 6.03 Å². The zero-order valence-corrected chi connectivity index (χ0v) is 17.0. The van der Waals surface area contributed by atoms with Gasteiger partial charge in [-0.1, -0.05) is 47.5 Å². The second-order valence-corrected chi connectivity index (χ2v) is 7.55. The number of hydrogen-bond acceptors (Lipinski definition) is 3. The summed E-state index contributed by atoms with van der Waals surface area (Å²) in [5.41, 5.74) is -0.159. The summed E-state index contributed by atoms with van der Waals surface area (Å²) in [6, 6.07) is 9.79. The quantitative estimate of drug-likeness (QED) is 0.680. The van der Waals surface area contributed by atoms with Crippen molar-refractivity contribution in [2.24, 2.45) is 0 Å². The molecule has 0 aromatic heterocycles. The molecule has 4 amide bonds. The van der Waals surface area contributed by atoms with E-state index in [0.717, 1.165) is 10.5 Å². The molecule has 1 heterocycles. The van der Waals surface area contributed by atoms with E-state index < -0.39 is 35.7 Å². The van der Waals surface area contributed by atoms with Crippen LogP contribution in [0.25, 0.3) is 0 Å². The van der Waals surface area contributed by atoms with E-state index in [1.54, 1.807) is 18.2 Å². The minimum absolute atomic E-state index is 0.262. The summed E-state index contributed by atoms with van der Waals surface area (Å²) in [7, 11) is 0. The molecule has 29 heavy (non-hydrogen) atoms. The van der Waals surface area contributed by atoms with Crippen LogP contribution in [-0.4, -0.2) is 35.8 Å². The van der Waals surface area contributed by atoms with E-state index in [0.29, 0.717) is 22.0 Å². The first-order valence-corrected chi connectivity index (χ1v) is 9.57. The number of halogens is 3. The van der Waals surface area contributed by atoms with Crippen molar-refractivity contribution in [3.8, 4) is 0 Å². The zero-order chi connectivity index (χ0) is 21.2. The van der Waals surface area contributed by atoms with Gasteiger partial charge in [-0.3, -0.25) is 14.5 Å². The highest BCUT2D eigenvalue weighted by Crippen LogP contribution is 2.29. The summed E-state index contributed by atoms with van der Waals surface area (Å²) in [4.78, 5) is 38.1. The van der Waals surface area contributed by atoms with Crippen molar-refractivity contribution < 1.29 is 18.8 Å². The van der Waals surface area contributed by atoms with E-state index in [2.05, 4.69) is 10.6 Å². The fraction of sp³-hybridized carbons (Fsp3) is 0.250. The third kappa shape index (κ3) is 4.36. The molecule has 0 saturated carbocycles. The third-order valence-corrected chi connectivity index (χ3v) is 5.60. The van der Waals surface area contributed by atoms with Crippen LogP contribution >= 0.6 is 23.2 Å². The molecule has 6 nitrogen and oxygen atoms in total. The Morgan fingerprint density at radius 1 is 1.17 bits per heavy atom. The number of hydrogen-bond donors (Lipinski definition) is 2. The van der Waals surface area contributed by atoms with E-state index in [1.807, 2.05) is 0 Å². The van der Waals surface area contributed by atoms with Crippen LogP contribution in [0.4, 0.5) is 9.18 Å². The van der Waals surface area contributed by atoms with E-state index in [4.69, 9.17) is 23.2 Å². The number of rotatable bonds is 6. The Bertz CT molecular complexity index is 968. The van der Waals surface area contributed by atoms with Crippen molar-refractivity contribution in [3.05, 3.63) is 69.5 Å². The monoisotopic (exact) mass is 437 g/mol. The van der Waals surface area contributed by atoms with E-state index >= 15 is 0 Å². The Hall–Kier alpha value is -2.64. The molecule has 152 valence electrons. The van der Waals surface area contributed by atoms with Gasteiger partial charge in [-0.25, -0.2) is 9.18 Å². The molecule has 9 heteroatoms. The van der Waals surface area contributed by atoms with Gasteiger partial charge in [0.15, 0.2) is 0 Å². The highest BCUT2D eigenvalue weighted by Gasteiger charge is 2.49. The standard InChI is InChI=1S/C20H18Cl2FN3O3/c1-20(13-5-7-14(23)8-6-13)18(28)26(19(29)25-20)11-16(27)24-10-9-12-3-2-4-15(21)17(12)22/h2-8H,9-11H2,1H3,(H,24,27)(H,25,29). The molecule has 1 unspecified atom stereocenters. The summed E-state index contributed by atoms with van der Waals surface area (Å²) in [5, 5.41) is 6.08. The van der Waals surface area contributed by atoms with Crippen LogP contribution in [0.3, 0.4) is 0 Å². The molecule has 1 fully saturated rings. The second-order valence-electron chi connectivity index (χ2n) is 6.77. The Morgan fingerprint density at radius 2 is 1.86 bits per heavy atom. The zero-order valence-electron chi connectivity index (χ0n) is 15.5. The van der Waals surface area contributed by atoms with Crippen LogP contribution < -0.4 is 10.6 Å². The van der Waals surface area contributed by atoms with Crippen molar-refractivity contribution in [2.75, 3.05) is 13.1 Å². The average Bonchev–Trinajstić information content (AvgIpc) is 2.89. The molecule has 1 aliphatic heterocycles. The predicted molar refractivity (Wildman–Crippen MR) is 107 cm³/mol. The molecule has 2 aromatic carbocycles. The maximum atomic E-state index is 13.2. The van der Waals surface area contributed by atoms with Gasteiger partial charge in [0.25, 0.3) is 5.91 Å². The lowest BCUT2D eigenvalue weighted by Crippen LogP contribution is -2.43. The van der Waals surface area contributed by atoms with Crippen LogP contribution in [0.15, 0.2) is 42.5 Å². The average molecular weight is 438 g/mol. The largest absolute Gasteiger partial charge is 0.354 e. The molecule has 1 atom stereocenters. The topological polar surface area (TPSA) is 78.5 Å². The number of benzene rings is 2. The van der Waals surface area contributed by atoms with Crippen molar-refractivity contribution in [3.63, 3.8) is 0 Å². The van der Waals surface area contributed by atoms with Crippen LogP contribution in [0.2, 0.25) is 10.0 Å². The molecule has 2 N–H and O–H groups in total. The van der Waals surface area contributed by atoms with Gasteiger partial charge in [-0.2, -0.15) is 0 Å². The minimum atomic E-state index is -1.36. The summed E-state index contributed by atoms with van der Waals surface area (Å²) in [6.45, 7) is 1.35. The summed E-state index contributed by atoms with van der Waals surface area (Å²) >= 11 is 12.1. The Kier molecular flexibility index (Phi) is 6.10. The lowest BCUT2D eigenvalue weighted by atomic mass is 9.92. The maximum Gasteiger partial charge on any atom is 0.325 e. The number of urea groups is 1. The fourth-order valence-corrected chi connectivity index (χ4v) is 3.51. The normalized spacial score (nSPS) is 18.7. The molecule has 0 bridgehead atoms. The second kappa shape index (κ2) is 8.39. The summed E-state index contributed by atoms with van der Waals surface area (Å²) < 4.78 is 13.2. The number of nitrogens with one attached hydrogen (secondary N) is 2. The number of carbonyl (C=O) groups is 3. The van der Waals surface area contributed by atoms with Gasteiger partial charge in [0, 0.05) is 6.54 Å². The van der Waals surface area contributed by atoms with Gasteiger partial charge in [-0.15, -0.1) is 0 Å². The lowest BCUT2D eigenvalue weighted by molar-refractivity contribution is -0.134. The molecular formula is C20H18Cl2FN3O3. The van der Waals surface area contributed by atoms with Crippen LogP contribution in [0, 0.1) is 5.82 Å². The molecule has 0 radical (unpaired) electrons. The first-order chi connectivity index (χ1) is 13.7. The molecule has 3 rings (SSSR count). The molecule has 0 aliphatic carbocycles. The van der Waals surface area contributed by atoms with E-state index in [1.165, 1.54) is 31.2 Å². The van der Waals surface area contributed by atoms with E-state index in [9.17, 15) is 18.8 Å². The van der Waals surface area contributed by atoms with Crippen molar-refractivity contribution >= 4 is 41.0 Å². The molecular weight excluding hydrogens is 420 g/mol. The lowest BCUT2D eigenvalue weighted by Gasteiger charge is -2.22. The number of carbonyl (C=O) groups excluding carboxylic acids is 3. The van der Waals surface area contributed by atoms with Crippen molar-refractivity contribution in [1.82, 2.24) is 15.5 Å². The van der Waals surface area contributed by atoms with Crippen molar-refractivity contribution in [1.29, 1.82) is 0 Å². The summed E-state index contributed by atoms with van der Waals surface area (Å²) in [6.07, 6.45) is 0.443.